The van der Waals surface area contributed by atoms with Gasteiger partial charge in [0.25, 0.3) is 0 Å². The monoisotopic (exact) mass is 291 g/mol. The number of halogens is 2. The molecule has 1 aliphatic heterocycles. The molecule has 7 nitrogen and oxygen atoms in total. The van der Waals surface area contributed by atoms with E-state index in [-0.39, 0.29) is 0 Å². The van der Waals surface area contributed by atoms with Gasteiger partial charge in [-0.2, -0.15) is 8.78 Å². The molecule has 5 atom stereocenters. The van der Waals surface area contributed by atoms with Crippen molar-refractivity contribution in [3.8, 4) is 0 Å². The third kappa shape index (κ3) is 2.57. The van der Waals surface area contributed by atoms with Gasteiger partial charge in [-0.25, -0.2) is 0 Å². The van der Waals surface area contributed by atoms with E-state index in [4.69, 9.17) is 10.00 Å². The van der Waals surface area contributed by atoms with Gasteiger partial charge in [0.1, 0.15) is 12.1 Å². The summed E-state index contributed by atoms with van der Waals surface area (Å²) >= 11 is 0. The summed E-state index contributed by atoms with van der Waals surface area (Å²) in [5, 5.41) is 29.6. The van der Waals surface area contributed by atoms with Gasteiger partial charge in [0, 0.05) is 0 Å². The van der Waals surface area contributed by atoms with Crippen LogP contribution >= 0.6 is 7.60 Å². The Morgan fingerprint density at radius 1 is 1.39 bits per heavy atom. The highest BCUT2D eigenvalue weighted by atomic mass is 31.2. The lowest BCUT2D eigenvalue weighted by Crippen LogP contribution is -2.48. The topological polar surface area (TPSA) is 119 Å². The molecule has 18 heavy (non-hydrogen) atoms. The smallest absolute Gasteiger partial charge is 0.395 e. The molecular weight excluding hydrogens is 275 g/mol. The average Bonchev–Trinajstić information content (AvgIpc) is 2.56. The minimum absolute atomic E-state index is 0.405. The second-order valence-electron chi connectivity index (χ2n) is 3.94. The Bertz CT molecular complexity index is 344. The first kappa shape index (κ1) is 15.9. The van der Waals surface area contributed by atoms with Gasteiger partial charge < -0.3 is 24.7 Å². The van der Waals surface area contributed by atoms with Crippen molar-refractivity contribution in [2.24, 2.45) is 0 Å². The normalized spacial score (nSPS) is 36.6. The van der Waals surface area contributed by atoms with Crippen LogP contribution in [0.25, 0.3) is 0 Å². The van der Waals surface area contributed by atoms with Gasteiger partial charge in [-0.3, -0.25) is 9.88 Å². The van der Waals surface area contributed by atoms with Crippen LogP contribution in [0.15, 0.2) is 0 Å². The highest BCUT2D eigenvalue weighted by Crippen LogP contribution is 2.60. The van der Waals surface area contributed by atoms with Crippen molar-refractivity contribution in [1.29, 1.82) is 0 Å². The van der Waals surface area contributed by atoms with Gasteiger partial charge in [0.2, 0.25) is 0 Å². The maximum Gasteiger partial charge on any atom is 0.398 e. The van der Waals surface area contributed by atoms with E-state index in [0.29, 0.717) is 0 Å². The van der Waals surface area contributed by atoms with E-state index < -0.39 is 50.8 Å². The molecule has 0 spiro atoms. The molecule has 0 saturated carbocycles. The van der Waals surface area contributed by atoms with Crippen LogP contribution in [0.4, 0.5) is 8.78 Å². The molecule has 0 aromatic carbocycles. The number of alkyl halides is 2. The van der Waals surface area contributed by atoms with E-state index in [1.165, 1.54) is 6.92 Å². The molecule has 5 N–H and O–H groups in total. The summed E-state index contributed by atoms with van der Waals surface area (Å²) in [5.74, 6) is 0. The number of aliphatic hydroxyl groups is 3. The molecule has 1 unspecified atom stereocenters. The standard InChI is InChI=1S/C8H16F2NO6P/c1-2-17-18(15,16)8(9,10)7-6(14)5(13)4(3-12)11-7/h4-7,11-14H,2-3H2,1H3,(H,15,16)/t4-,5+,6-,7-/m0/s1. The second kappa shape index (κ2) is 5.46. The van der Waals surface area contributed by atoms with Crippen molar-refractivity contribution in [2.45, 2.75) is 36.9 Å². The Morgan fingerprint density at radius 3 is 2.33 bits per heavy atom. The summed E-state index contributed by atoms with van der Waals surface area (Å²) in [4.78, 5) is 9.15. The lowest BCUT2D eigenvalue weighted by molar-refractivity contribution is -0.0434. The van der Waals surface area contributed by atoms with Crippen LogP contribution < -0.4 is 5.32 Å². The van der Waals surface area contributed by atoms with Crippen molar-refractivity contribution in [3.63, 3.8) is 0 Å². The molecule has 0 radical (unpaired) electrons. The minimum Gasteiger partial charge on any atom is -0.395 e. The fourth-order valence-electron chi connectivity index (χ4n) is 1.77. The van der Waals surface area contributed by atoms with Crippen molar-refractivity contribution in [2.75, 3.05) is 13.2 Å². The Morgan fingerprint density at radius 2 is 1.94 bits per heavy atom. The maximum atomic E-state index is 13.8. The number of hydrogen-bond donors (Lipinski definition) is 5. The minimum atomic E-state index is -5.29. The first-order valence-electron chi connectivity index (χ1n) is 5.27. The van der Waals surface area contributed by atoms with Crippen LogP contribution in [0.3, 0.4) is 0 Å². The molecule has 1 fully saturated rings. The third-order valence-corrected chi connectivity index (χ3v) is 4.39. The molecule has 108 valence electrons. The molecule has 1 heterocycles. The summed E-state index contributed by atoms with van der Waals surface area (Å²) < 4.78 is 43.0. The molecule has 0 bridgehead atoms. The molecule has 0 amide bonds. The van der Waals surface area contributed by atoms with Gasteiger partial charge in [-0.15, -0.1) is 0 Å². The van der Waals surface area contributed by atoms with Crippen molar-refractivity contribution >= 4 is 7.60 Å². The fraction of sp³-hybridized carbons (Fsp3) is 1.00. The Labute approximate surface area is 102 Å². The summed E-state index contributed by atoms with van der Waals surface area (Å²) in [6, 6.07) is -3.37. The van der Waals surface area contributed by atoms with Gasteiger partial charge in [0.05, 0.1) is 25.4 Å². The third-order valence-electron chi connectivity index (χ3n) is 2.75. The predicted octanol–water partition coefficient (Wildman–Crippen LogP) is -1.14. The zero-order chi connectivity index (χ0) is 14.1. The van der Waals surface area contributed by atoms with Crippen LogP contribution in [0, 0.1) is 0 Å². The van der Waals surface area contributed by atoms with Crippen LogP contribution in [0.5, 0.6) is 0 Å². The van der Waals surface area contributed by atoms with Crippen molar-refractivity contribution < 1.29 is 38.1 Å². The van der Waals surface area contributed by atoms with Crippen molar-refractivity contribution in [3.05, 3.63) is 0 Å². The Kier molecular flexibility index (Phi) is 4.82. The molecule has 0 aromatic rings. The van der Waals surface area contributed by atoms with Crippen LogP contribution in [0.2, 0.25) is 0 Å². The molecule has 10 heteroatoms. The summed E-state index contributed by atoms with van der Waals surface area (Å²) in [6.45, 7) is 0.163. The number of rotatable bonds is 5. The van der Waals surface area contributed by atoms with E-state index in [2.05, 4.69) is 4.52 Å². The highest BCUT2D eigenvalue weighted by Gasteiger charge is 2.63. The van der Waals surface area contributed by atoms with Crippen LogP contribution in [0.1, 0.15) is 6.92 Å². The van der Waals surface area contributed by atoms with Gasteiger partial charge in [-0.05, 0) is 6.92 Å². The fourth-order valence-corrected chi connectivity index (χ4v) is 2.87. The zero-order valence-corrected chi connectivity index (χ0v) is 10.4. The Balaban J connectivity index is 2.96. The van der Waals surface area contributed by atoms with Crippen molar-refractivity contribution in [1.82, 2.24) is 5.32 Å². The van der Waals surface area contributed by atoms with Crippen LogP contribution in [-0.4, -0.2) is 63.4 Å². The van der Waals surface area contributed by atoms with E-state index >= 15 is 0 Å². The molecule has 1 aliphatic rings. The number of nitrogens with one attached hydrogen (secondary N) is 1. The maximum absolute atomic E-state index is 13.8. The molecule has 0 aromatic heterocycles. The number of aliphatic hydroxyl groups excluding tert-OH is 3. The van der Waals surface area contributed by atoms with E-state index in [1.807, 2.05) is 5.32 Å². The number of hydrogen-bond acceptors (Lipinski definition) is 6. The largest absolute Gasteiger partial charge is 0.398 e. The predicted molar refractivity (Wildman–Crippen MR) is 56.2 cm³/mol. The van der Waals surface area contributed by atoms with E-state index in [1.54, 1.807) is 0 Å². The molecular formula is C8H16F2NO6P. The molecule has 0 aliphatic carbocycles. The van der Waals surface area contributed by atoms with Gasteiger partial charge >= 0.3 is 13.3 Å². The summed E-state index contributed by atoms with van der Waals surface area (Å²) in [5.41, 5.74) is -4.28. The highest BCUT2D eigenvalue weighted by molar-refractivity contribution is 7.54. The second-order valence-corrected chi connectivity index (χ2v) is 5.84. The van der Waals surface area contributed by atoms with Gasteiger partial charge in [0.15, 0.2) is 0 Å². The van der Waals surface area contributed by atoms with Gasteiger partial charge in [-0.1, -0.05) is 0 Å². The Hall–Kier alpha value is -0.150. The van der Waals surface area contributed by atoms with E-state index in [9.17, 15) is 23.6 Å². The summed E-state index contributed by atoms with van der Waals surface area (Å²) in [6.07, 6.45) is -3.65. The molecule has 1 rings (SSSR count). The average molecular weight is 291 g/mol. The SMILES string of the molecule is CCOP(=O)(O)C(F)(F)[C@H]1N[C@@H](CO)[C@@H](O)[C@@H]1O. The quantitative estimate of drug-likeness (QED) is 0.406. The lowest BCUT2D eigenvalue weighted by atomic mass is 10.1. The first-order valence-corrected chi connectivity index (χ1v) is 6.85. The van der Waals surface area contributed by atoms with Crippen LogP contribution in [-0.2, 0) is 9.09 Å². The first-order chi connectivity index (χ1) is 8.19. The lowest BCUT2D eigenvalue weighted by Gasteiger charge is -2.28. The van der Waals surface area contributed by atoms with E-state index in [0.717, 1.165) is 0 Å². The summed E-state index contributed by atoms with van der Waals surface area (Å²) in [7, 11) is -5.29. The zero-order valence-electron chi connectivity index (χ0n) is 9.53. The molecule has 1 saturated heterocycles.